The van der Waals surface area contributed by atoms with Crippen molar-refractivity contribution in [3.8, 4) is 0 Å². The number of pyridine rings is 1. The summed E-state index contributed by atoms with van der Waals surface area (Å²) in [6.45, 7) is 3.75. The molecule has 12 heavy (non-hydrogen) atoms. The molecule has 0 aliphatic carbocycles. The Hall–Kier alpha value is -1.47. The van der Waals surface area contributed by atoms with E-state index in [-0.39, 0.29) is 6.04 Å². The van der Waals surface area contributed by atoms with Crippen molar-refractivity contribution >= 4 is 6.08 Å². The second-order valence-electron chi connectivity index (χ2n) is 2.63. The molecule has 1 unspecified atom stereocenters. The van der Waals surface area contributed by atoms with Gasteiger partial charge in [-0.25, -0.2) is 4.79 Å². The van der Waals surface area contributed by atoms with Crippen LogP contribution in [0.15, 0.2) is 23.3 Å². The van der Waals surface area contributed by atoms with E-state index in [1.807, 2.05) is 26.0 Å². The van der Waals surface area contributed by atoms with Crippen LogP contribution < -0.4 is 0 Å². The summed E-state index contributed by atoms with van der Waals surface area (Å²) in [7, 11) is 0. The fourth-order valence-corrected chi connectivity index (χ4v) is 0.981. The third kappa shape index (κ3) is 2.01. The largest absolute Gasteiger partial charge is 0.262 e. The molecule has 0 amide bonds. The van der Waals surface area contributed by atoms with Gasteiger partial charge in [-0.2, -0.15) is 4.99 Å². The third-order valence-electron chi connectivity index (χ3n) is 1.65. The van der Waals surface area contributed by atoms with E-state index in [1.54, 1.807) is 12.3 Å². The number of isocyanates is 1. The van der Waals surface area contributed by atoms with E-state index in [0.29, 0.717) is 0 Å². The maximum Gasteiger partial charge on any atom is 0.235 e. The van der Waals surface area contributed by atoms with Crippen LogP contribution >= 0.6 is 0 Å². The zero-order valence-electron chi connectivity index (χ0n) is 7.11. The molecule has 0 saturated carbocycles. The molecule has 0 spiro atoms. The molecule has 0 aromatic carbocycles. The Morgan fingerprint density at radius 3 is 3.00 bits per heavy atom. The molecule has 0 saturated heterocycles. The highest BCUT2D eigenvalue weighted by Crippen LogP contribution is 2.15. The number of rotatable bonds is 2. The second kappa shape index (κ2) is 3.79. The fourth-order valence-electron chi connectivity index (χ4n) is 0.981. The van der Waals surface area contributed by atoms with Crippen molar-refractivity contribution in [3.63, 3.8) is 0 Å². The first-order valence-corrected chi connectivity index (χ1v) is 3.73. The van der Waals surface area contributed by atoms with E-state index >= 15 is 0 Å². The van der Waals surface area contributed by atoms with E-state index in [0.717, 1.165) is 11.3 Å². The van der Waals surface area contributed by atoms with Gasteiger partial charge in [-0.15, -0.1) is 0 Å². The van der Waals surface area contributed by atoms with Gasteiger partial charge in [0.15, 0.2) is 0 Å². The van der Waals surface area contributed by atoms with Crippen LogP contribution in [0.3, 0.4) is 0 Å². The van der Waals surface area contributed by atoms with Gasteiger partial charge in [0.2, 0.25) is 6.08 Å². The summed E-state index contributed by atoms with van der Waals surface area (Å²) in [4.78, 5) is 17.6. The van der Waals surface area contributed by atoms with Gasteiger partial charge in [-0.1, -0.05) is 0 Å². The number of carbonyl (C=O) groups excluding carboxylic acids is 1. The Morgan fingerprint density at radius 2 is 2.42 bits per heavy atom. The fraction of sp³-hybridized carbons (Fsp3) is 0.333. The molecule has 0 fully saturated rings. The predicted octanol–water partition coefficient (Wildman–Crippen LogP) is 1.79. The highest BCUT2D eigenvalue weighted by atomic mass is 16.1. The molecular formula is C9H10N2O. The number of nitrogens with zero attached hydrogens (tertiary/aromatic N) is 2. The van der Waals surface area contributed by atoms with Crippen molar-refractivity contribution in [3.05, 3.63) is 29.6 Å². The van der Waals surface area contributed by atoms with Crippen LogP contribution in [0, 0.1) is 6.92 Å². The van der Waals surface area contributed by atoms with E-state index in [4.69, 9.17) is 0 Å². The molecule has 62 valence electrons. The molecular weight excluding hydrogens is 152 g/mol. The lowest BCUT2D eigenvalue weighted by atomic mass is 10.1. The molecule has 1 rings (SSSR count). The first-order valence-electron chi connectivity index (χ1n) is 3.73. The lowest BCUT2D eigenvalue weighted by molar-refractivity contribution is 0.559. The molecule has 0 aliphatic heterocycles. The van der Waals surface area contributed by atoms with Gasteiger partial charge in [0.1, 0.15) is 0 Å². The second-order valence-corrected chi connectivity index (χ2v) is 2.63. The monoisotopic (exact) mass is 162 g/mol. The van der Waals surface area contributed by atoms with E-state index < -0.39 is 0 Å². The van der Waals surface area contributed by atoms with Crippen LogP contribution in [0.5, 0.6) is 0 Å². The van der Waals surface area contributed by atoms with E-state index in [9.17, 15) is 4.79 Å². The molecule has 1 aromatic rings. The van der Waals surface area contributed by atoms with Gasteiger partial charge in [-0.05, 0) is 31.5 Å². The summed E-state index contributed by atoms with van der Waals surface area (Å²) >= 11 is 0. The van der Waals surface area contributed by atoms with Crippen molar-refractivity contribution in [1.82, 2.24) is 4.98 Å². The van der Waals surface area contributed by atoms with Crippen LogP contribution in [0.25, 0.3) is 0 Å². The summed E-state index contributed by atoms with van der Waals surface area (Å²) < 4.78 is 0. The van der Waals surface area contributed by atoms with Gasteiger partial charge in [0, 0.05) is 11.9 Å². The van der Waals surface area contributed by atoms with Crippen molar-refractivity contribution in [2.24, 2.45) is 4.99 Å². The predicted molar refractivity (Wildman–Crippen MR) is 45.5 cm³/mol. The number of hydrogen-bond acceptors (Lipinski definition) is 3. The minimum Gasteiger partial charge on any atom is -0.262 e. The lowest BCUT2D eigenvalue weighted by Crippen LogP contribution is -1.91. The normalized spacial score (nSPS) is 11.8. The topological polar surface area (TPSA) is 42.3 Å². The maximum absolute atomic E-state index is 9.97. The third-order valence-corrected chi connectivity index (χ3v) is 1.65. The van der Waals surface area contributed by atoms with Gasteiger partial charge in [0.05, 0.1) is 6.04 Å². The van der Waals surface area contributed by atoms with Crippen molar-refractivity contribution in [2.45, 2.75) is 19.9 Å². The molecule has 0 N–H and O–H groups in total. The van der Waals surface area contributed by atoms with Crippen molar-refractivity contribution < 1.29 is 4.79 Å². The maximum atomic E-state index is 9.97. The van der Waals surface area contributed by atoms with Crippen LogP contribution in [0.2, 0.25) is 0 Å². The Morgan fingerprint density at radius 1 is 1.67 bits per heavy atom. The average molecular weight is 162 g/mol. The average Bonchev–Trinajstić information content (AvgIpc) is 2.05. The highest BCUT2D eigenvalue weighted by molar-refractivity contribution is 5.35. The molecule has 3 heteroatoms. The van der Waals surface area contributed by atoms with E-state index in [2.05, 4.69) is 9.98 Å². The highest BCUT2D eigenvalue weighted by Gasteiger charge is 2.02. The number of aryl methyl sites for hydroxylation is 1. The molecule has 1 heterocycles. The zero-order valence-corrected chi connectivity index (χ0v) is 7.11. The number of hydrogen-bond donors (Lipinski definition) is 0. The Balaban J connectivity index is 2.94. The van der Waals surface area contributed by atoms with Gasteiger partial charge in [0.25, 0.3) is 0 Å². The minimum absolute atomic E-state index is 0.121. The van der Waals surface area contributed by atoms with Crippen LogP contribution in [0.1, 0.15) is 24.2 Å². The van der Waals surface area contributed by atoms with Crippen LogP contribution in [-0.2, 0) is 4.79 Å². The molecule has 3 nitrogen and oxygen atoms in total. The Kier molecular flexibility index (Phi) is 2.72. The lowest BCUT2D eigenvalue weighted by Gasteiger charge is -2.03. The van der Waals surface area contributed by atoms with E-state index in [1.165, 1.54) is 0 Å². The standard InChI is InChI=1S/C9H10N2O/c1-7-5-9(3-4-10-7)8(2)11-6-12/h3-5,8H,1-2H3. The quantitative estimate of drug-likeness (QED) is 0.491. The zero-order chi connectivity index (χ0) is 8.97. The van der Waals surface area contributed by atoms with Gasteiger partial charge < -0.3 is 0 Å². The molecule has 0 aliphatic rings. The molecule has 0 bridgehead atoms. The Bertz CT molecular complexity index is 316. The SMILES string of the molecule is Cc1cc(C(C)N=C=O)ccn1. The molecule has 1 aromatic heterocycles. The van der Waals surface area contributed by atoms with Crippen LogP contribution in [-0.4, -0.2) is 11.1 Å². The first kappa shape index (κ1) is 8.62. The van der Waals surface area contributed by atoms with Crippen molar-refractivity contribution in [1.29, 1.82) is 0 Å². The number of aromatic nitrogens is 1. The van der Waals surface area contributed by atoms with Crippen molar-refractivity contribution in [2.75, 3.05) is 0 Å². The Labute approximate surface area is 71.2 Å². The summed E-state index contributed by atoms with van der Waals surface area (Å²) in [5, 5.41) is 0. The minimum atomic E-state index is -0.121. The first-order chi connectivity index (χ1) is 5.74. The van der Waals surface area contributed by atoms with Crippen LogP contribution in [0.4, 0.5) is 0 Å². The van der Waals surface area contributed by atoms with Gasteiger partial charge in [-0.3, -0.25) is 4.98 Å². The molecule has 1 atom stereocenters. The summed E-state index contributed by atoms with van der Waals surface area (Å²) in [5.41, 5.74) is 1.92. The summed E-state index contributed by atoms with van der Waals surface area (Å²) in [6, 6.07) is 3.63. The summed E-state index contributed by atoms with van der Waals surface area (Å²) in [6.07, 6.45) is 3.25. The van der Waals surface area contributed by atoms with Gasteiger partial charge >= 0.3 is 0 Å². The summed E-state index contributed by atoms with van der Waals surface area (Å²) in [5.74, 6) is 0. The number of aliphatic imine (C=N–C) groups is 1. The molecule has 0 radical (unpaired) electrons. The smallest absolute Gasteiger partial charge is 0.235 e.